The van der Waals surface area contributed by atoms with E-state index in [0.29, 0.717) is 23.7 Å². The number of benzene rings is 3. The standard InChI is InChI=1S/C30H36ClN3O4S/c1-5-19-32-30(36)28(6-2)33(20-24-11-7-22(3)8-12-24)29(35)21-34(26-15-9-23(4)10-16-26)39(37,38)27-17-13-25(31)14-18-27/h7-18,28H,5-6,19-21H2,1-4H3,(H,32,36). The molecule has 1 unspecified atom stereocenters. The van der Waals surface area contributed by atoms with E-state index in [1.54, 1.807) is 24.3 Å². The van der Waals surface area contributed by atoms with Crippen LogP contribution in [0.1, 0.15) is 43.4 Å². The van der Waals surface area contributed by atoms with Gasteiger partial charge in [-0.05, 0) is 68.7 Å². The summed E-state index contributed by atoms with van der Waals surface area (Å²) >= 11 is 6.00. The van der Waals surface area contributed by atoms with E-state index in [1.807, 2.05) is 52.0 Å². The van der Waals surface area contributed by atoms with Crippen molar-refractivity contribution in [3.63, 3.8) is 0 Å². The van der Waals surface area contributed by atoms with Gasteiger partial charge in [0, 0.05) is 18.1 Å². The average Bonchev–Trinajstić information content (AvgIpc) is 2.92. The van der Waals surface area contributed by atoms with Gasteiger partial charge in [-0.3, -0.25) is 13.9 Å². The Kier molecular flexibility index (Phi) is 10.5. The smallest absolute Gasteiger partial charge is 0.264 e. The molecule has 0 radical (unpaired) electrons. The number of nitrogens with zero attached hydrogens (tertiary/aromatic N) is 2. The van der Waals surface area contributed by atoms with Gasteiger partial charge in [0.15, 0.2) is 0 Å². The molecule has 1 atom stereocenters. The van der Waals surface area contributed by atoms with Gasteiger partial charge in [-0.1, -0.05) is 73.0 Å². The quantitative estimate of drug-likeness (QED) is 0.313. The summed E-state index contributed by atoms with van der Waals surface area (Å²) in [5, 5.41) is 3.29. The van der Waals surface area contributed by atoms with Gasteiger partial charge in [-0.2, -0.15) is 0 Å². The van der Waals surface area contributed by atoms with E-state index in [-0.39, 0.29) is 17.3 Å². The van der Waals surface area contributed by atoms with Crippen LogP contribution in [0, 0.1) is 13.8 Å². The van der Waals surface area contributed by atoms with Gasteiger partial charge >= 0.3 is 0 Å². The Labute approximate surface area is 236 Å². The Bertz CT molecular complexity index is 1360. The normalized spacial score (nSPS) is 12.0. The lowest BCUT2D eigenvalue weighted by Gasteiger charge is -2.33. The Morgan fingerprint density at radius 1 is 0.872 bits per heavy atom. The molecular formula is C30H36ClN3O4S. The van der Waals surface area contributed by atoms with E-state index in [0.717, 1.165) is 27.4 Å². The van der Waals surface area contributed by atoms with Crippen LogP contribution >= 0.6 is 11.6 Å². The van der Waals surface area contributed by atoms with Crippen LogP contribution in [0.3, 0.4) is 0 Å². The molecule has 0 fully saturated rings. The number of sulfonamides is 1. The predicted octanol–water partition coefficient (Wildman–Crippen LogP) is 5.49. The van der Waals surface area contributed by atoms with Gasteiger partial charge < -0.3 is 10.2 Å². The van der Waals surface area contributed by atoms with Crippen molar-refractivity contribution in [2.24, 2.45) is 0 Å². The Morgan fingerprint density at radius 2 is 1.44 bits per heavy atom. The minimum Gasteiger partial charge on any atom is -0.354 e. The first-order valence-electron chi connectivity index (χ1n) is 13.0. The summed E-state index contributed by atoms with van der Waals surface area (Å²) < 4.78 is 28.8. The SMILES string of the molecule is CCCNC(=O)C(CC)N(Cc1ccc(C)cc1)C(=O)CN(c1ccc(C)cc1)S(=O)(=O)c1ccc(Cl)cc1. The number of nitrogens with one attached hydrogen (secondary N) is 1. The summed E-state index contributed by atoms with van der Waals surface area (Å²) in [5.41, 5.74) is 3.22. The fraction of sp³-hybridized carbons (Fsp3) is 0.333. The molecule has 0 aliphatic carbocycles. The third-order valence-corrected chi connectivity index (χ3v) is 8.45. The first kappa shape index (κ1) is 30.2. The Balaban J connectivity index is 2.03. The zero-order valence-electron chi connectivity index (χ0n) is 22.9. The highest BCUT2D eigenvalue weighted by atomic mass is 35.5. The summed E-state index contributed by atoms with van der Waals surface area (Å²) in [6.07, 6.45) is 1.14. The number of aryl methyl sites for hydroxylation is 2. The summed E-state index contributed by atoms with van der Waals surface area (Å²) in [7, 11) is -4.13. The van der Waals surface area contributed by atoms with Crippen molar-refractivity contribution in [3.8, 4) is 0 Å². The largest absolute Gasteiger partial charge is 0.354 e. The number of halogens is 1. The molecule has 0 saturated carbocycles. The van der Waals surface area contributed by atoms with Crippen molar-refractivity contribution in [2.45, 2.75) is 58.0 Å². The Morgan fingerprint density at radius 3 is 1.97 bits per heavy atom. The van der Waals surface area contributed by atoms with E-state index in [9.17, 15) is 18.0 Å². The number of carbonyl (C=O) groups is 2. The molecule has 0 aliphatic heterocycles. The van der Waals surface area contributed by atoms with Crippen LogP contribution in [0.2, 0.25) is 5.02 Å². The summed E-state index contributed by atoms with van der Waals surface area (Å²) in [6, 6.07) is 19.7. The summed E-state index contributed by atoms with van der Waals surface area (Å²) in [6.45, 7) is 7.85. The lowest BCUT2D eigenvalue weighted by Crippen LogP contribution is -2.52. The lowest BCUT2D eigenvalue weighted by atomic mass is 10.1. The van der Waals surface area contributed by atoms with E-state index in [1.165, 1.54) is 29.2 Å². The number of carbonyl (C=O) groups excluding carboxylic acids is 2. The highest BCUT2D eigenvalue weighted by molar-refractivity contribution is 7.92. The van der Waals surface area contributed by atoms with E-state index in [4.69, 9.17) is 11.6 Å². The monoisotopic (exact) mass is 569 g/mol. The molecule has 208 valence electrons. The predicted molar refractivity (Wildman–Crippen MR) is 156 cm³/mol. The summed E-state index contributed by atoms with van der Waals surface area (Å²) in [4.78, 5) is 28.6. The van der Waals surface area contributed by atoms with Gasteiger partial charge in [0.05, 0.1) is 10.6 Å². The van der Waals surface area contributed by atoms with Gasteiger partial charge in [0.25, 0.3) is 10.0 Å². The maximum absolute atomic E-state index is 14.0. The van der Waals surface area contributed by atoms with Crippen molar-refractivity contribution in [3.05, 3.63) is 94.5 Å². The number of amides is 2. The average molecular weight is 570 g/mol. The van der Waals surface area contributed by atoms with Crippen LogP contribution in [-0.4, -0.2) is 44.3 Å². The molecule has 0 aromatic heterocycles. The molecule has 3 rings (SSSR count). The molecule has 0 spiro atoms. The molecule has 0 bridgehead atoms. The van der Waals surface area contributed by atoms with Crippen LogP contribution in [0.25, 0.3) is 0 Å². The molecule has 2 amide bonds. The first-order valence-corrected chi connectivity index (χ1v) is 14.9. The van der Waals surface area contributed by atoms with Crippen molar-refractivity contribution >= 4 is 39.1 Å². The van der Waals surface area contributed by atoms with Gasteiger partial charge in [-0.15, -0.1) is 0 Å². The zero-order chi connectivity index (χ0) is 28.6. The second kappa shape index (κ2) is 13.6. The van der Waals surface area contributed by atoms with Gasteiger partial charge in [0.2, 0.25) is 11.8 Å². The second-order valence-electron chi connectivity index (χ2n) is 9.52. The fourth-order valence-electron chi connectivity index (χ4n) is 4.15. The van der Waals surface area contributed by atoms with Crippen LogP contribution in [0.5, 0.6) is 0 Å². The summed E-state index contributed by atoms with van der Waals surface area (Å²) in [5.74, 6) is -0.741. The molecule has 0 aliphatic rings. The lowest BCUT2D eigenvalue weighted by molar-refractivity contribution is -0.140. The molecule has 3 aromatic rings. The van der Waals surface area contributed by atoms with Crippen LogP contribution in [-0.2, 0) is 26.2 Å². The van der Waals surface area contributed by atoms with Crippen LogP contribution < -0.4 is 9.62 Å². The molecule has 1 N–H and O–H groups in total. The number of hydrogen-bond acceptors (Lipinski definition) is 4. The van der Waals surface area contributed by atoms with E-state index >= 15 is 0 Å². The fourth-order valence-corrected chi connectivity index (χ4v) is 5.69. The highest BCUT2D eigenvalue weighted by Crippen LogP contribution is 2.26. The third kappa shape index (κ3) is 7.83. The van der Waals surface area contributed by atoms with Gasteiger partial charge in [0.1, 0.15) is 12.6 Å². The molecule has 0 saturated heterocycles. The number of hydrogen-bond donors (Lipinski definition) is 1. The topological polar surface area (TPSA) is 86.8 Å². The number of rotatable bonds is 12. The molecule has 39 heavy (non-hydrogen) atoms. The minimum atomic E-state index is -4.13. The molecular weight excluding hydrogens is 534 g/mol. The third-order valence-electron chi connectivity index (χ3n) is 6.41. The Hall–Kier alpha value is -3.36. The van der Waals surface area contributed by atoms with Crippen molar-refractivity contribution in [2.75, 3.05) is 17.4 Å². The minimum absolute atomic E-state index is 0.0121. The van der Waals surface area contributed by atoms with Crippen LogP contribution in [0.4, 0.5) is 5.69 Å². The van der Waals surface area contributed by atoms with Crippen LogP contribution in [0.15, 0.2) is 77.7 Å². The molecule has 9 heteroatoms. The second-order valence-corrected chi connectivity index (χ2v) is 11.8. The maximum atomic E-state index is 14.0. The maximum Gasteiger partial charge on any atom is 0.264 e. The van der Waals surface area contributed by atoms with E-state index in [2.05, 4.69) is 5.32 Å². The van der Waals surface area contributed by atoms with Gasteiger partial charge in [-0.25, -0.2) is 8.42 Å². The molecule has 7 nitrogen and oxygen atoms in total. The zero-order valence-corrected chi connectivity index (χ0v) is 24.4. The van der Waals surface area contributed by atoms with Crippen molar-refractivity contribution in [1.29, 1.82) is 0 Å². The highest BCUT2D eigenvalue weighted by Gasteiger charge is 2.33. The molecule has 3 aromatic carbocycles. The van der Waals surface area contributed by atoms with Crippen molar-refractivity contribution in [1.82, 2.24) is 10.2 Å². The first-order chi connectivity index (χ1) is 18.6. The van der Waals surface area contributed by atoms with Crippen molar-refractivity contribution < 1.29 is 18.0 Å². The van der Waals surface area contributed by atoms with E-state index < -0.39 is 28.5 Å². The molecule has 0 heterocycles. The number of anilines is 1.